The fourth-order valence-corrected chi connectivity index (χ4v) is 3.07. The molecule has 0 radical (unpaired) electrons. The number of rotatable bonds is 16. The van der Waals surface area contributed by atoms with Crippen molar-refractivity contribution in [2.24, 2.45) is 0 Å². The number of ether oxygens (including phenoxy) is 1. The Morgan fingerprint density at radius 1 is 0.818 bits per heavy atom. The van der Waals surface area contributed by atoms with Gasteiger partial charge in [-0.2, -0.15) is 0 Å². The normalized spacial score (nSPS) is 20.2. The largest absolute Gasteiger partial charge is 0.479 e. The molecule has 0 saturated carbocycles. The molecule has 0 amide bonds. The van der Waals surface area contributed by atoms with Crippen molar-refractivity contribution in [2.45, 2.75) is 109 Å². The minimum atomic E-state index is -0.795. The molecule has 1 aliphatic rings. The van der Waals surface area contributed by atoms with Crippen LogP contribution >= 0.6 is 0 Å². The third kappa shape index (κ3) is 8.77. The van der Waals surface area contributed by atoms with E-state index in [4.69, 9.17) is 9.84 Å². The maximum atomic E-state index is 10.9. The molecule has 1 atom stereocenters. The molecule has 1 rings (SSSR count). The second-order valence-corrected chi connectivity index (χ2v) is 6.93. The van der Waals surface area contributed by atoms with Crippen molar-refractivity contribution in [3.8, 4) is 0 Å². The molecule has 1 aliphatic heterocycles. The van der Waals surface area contributed by atoms with Crippen LogP contribution in [0.25, 0.3) is 0 Å². The molecule has 1 saturated heterocycles. The number of hydrogen-bond donors (Lipinski definition) is 1. The van der Waals surface area contributed by atoms with E-state index in [0.29, 0.717) is 13.0 Å². The highest BCUT2D eigenvalue weighted by Gasteiger charge is 2.51. The van der Waals surface area contributed by atoms with Crippen molar-refractivity contribution in [2.75, 3.05) is 6.61 Å². The molecule has 3 heteroatoms. The van der Waals surface area contributed by atoms with Gasteiger partial charge in [0.15, 0.2) is 5.60 Å². The number of carboxylic acids is 1. The van der Waals surface area contributed by atoms with Crippen molar-refractivity contribution in [1.29, 1.82) is 0 Å². The Hall–Kier alpha value is -0.570. The van der Waals surface area contributed by atoms with Gasteiger partial charge >= 0.3 is 5.97 Å². The van der Waals surface area contributed by atoms with Gasteiger partial charge in [-0.1, -0.05) is 90.4 Å². The molecule has 1 fully saturated rings. The van der Waals surface area contributed by atoms with Crippen LogP contribution < -0.4 is 0 Å². The van der Waals surface area contributed by atoms with Gasteiger partial charge in [0.25, 0.3) is 0 Å². The first-order valence-electron chi connectivity index (χ1n) is 9.58. The third-order valence-corrected chi connectivity index (χ3v) is 4.82. The Bertz CT molecular complexity index is 284. The molecule has 1 N–H and O–H groups in total. The van der Waals surface area contributed by atoms with E-state index in [2.05, 4.69) is 6.92 Å². The fraction of sp³-hybridized carbons (Fsp3) is 0.947. The molecular weight excluding hydrogens is 276 g/mol. The lowest BCUT2D eigenvalue weighted by Crippen LogP contribution is -2.23. The first-order valence-corrected chi connectivity index (χ1v) is 9.58. The molecule has 0 spiro atoms. The average Bonchev–Trinajstić information content (AvgIpc) is 3.29. The quantitative estimate of drug-likeness (QED) is 0.293. The number of unbranched alkanes of at least 4 members (excludes halogenated alkanes) is 13. The monoisotopic (exact) mass is 312 g/mol. The van der Waals surface area contributed by atoms with Gasteiger partial charge < -0.3 is 9.84 Å². The van der Waals surface area contributed by atoms with Gasteiger partial charge in [0.05, 0.1) is 6.61 Å². The number of hydrogen-bond acceptors (Lipinski definition) is 2. The van der Waals surface area contributed by atoms with Crippen molar-refractivity contribution in [1.82, 2.24) is 0 Å². The molecule has 0 aromatic heterocycles. The first kappa shape index (κ1) is 19.5. The fourth-order valence-electron chi connectivity index (χ4n) is 3.07. The lowest BCUT2D eigenvalue weighted by Gasteiger charge is -2.06. The zero-order chi connectivity index (χ0) is 16.1. The average molecular weight is 312 g/mol. The number of carboxylic acid groups (broad SMARTS) is 1. The molecule has 0 aromatic rings. The summed E-state index contributed by atoms with van der Waals surface area (Å²) in [6, 6.07) is 0. The Morgan fingerprint density at radius 2 is 1.18 bits per heavy atom. The lowest BCUT2D eigenvalue weighted by molar-refractivity contribution is -0.143. The van der Waals surface area contributed by atoms with Gasteiger partial charge in [-0.3, -0.25) is 0 Å². The Balaban J connectivity index is 1.73. The molecule has 1 heterocycles. The summed E-state index contributed by atoms with van der Waals surface area (Å²) in [6.07, 6.45) is 19.3. The minimum absolute atomic E-state index is 0.417. The van der Waals surface area contributed by atoms with Gasteiger partial charge in [0.2, 0.25) is 0 Å². The van der Waals surface area contributed by atoms with Gasteiger partial charge in [0, 0.05) is 0 Å². The zero-order valence-corrected chi connectivity index (χ0v) is 14.6. The molecule has 1 unspecified atom stereocenters. The van der Waals surface area contributed by atoms with Crippen LogP contribution in [0.4, 0.5) is 0 Å². The van der Waals surface area contributed by atoms with E-state index in [1.54, 1.807) is 0 Å². The summed E-state index contributed by atoms with van der Waals surface area (Å²) >= 11 is 0. The van der Waals surface area contributed by atoms with Gasteiger partial charge in [0.1, 0.15) is 0 Å². The topological polar surface area (TPSA) is 49.8 Å². The zero-order valence-electron chi connectivity index (χ0n) is 14.6. The van der Waals surface area contributed by atoms with Crippen LogP contribution in [0.2, 0.25) is 0 Å². The van der Waals surface area contributed by atoms with Crippen LogP contribution in [-0.4, -0.2) is 23.3 Å². The van der Waals surface area contributed by atoms with Crippen molar-refractivity contribution in [3.05, 3.63) is 0 Å². The van der Waals surface area contributed by atoms with E-state index in [-0.39, 0.29) is 0 Å². The van der Waals surface area contributed by atoms with E-state index in [0.717, 1.165) is 12.8 Å². The molecule has 0 aliphatic carbocycles. The molecule has 3 nitrogen and oxygen atoms in total. The third-order valence-electron chi connectivity index (χ3n) is 4.82. The van der Waals surface area contributed by atoms with Crippen LogP contribution in [0.1, 0.15) is 103 Å². The van der Waals surface area contributed by atoms with Crippen LogP contribution in [-0.2, 0) is 9.53 Å². The maximum absolute atomic E-state index is 10.9. The number of carbonyl (C=O) groups is 1. The molecule has 130 valence electrons. The molecular formula is C19H36O3. The first-order chi connectivity index (χ1) is 10.7. The minimum Gasteiger partial charge on any atom is -0.479 e. The highest BCUT2D eigenvalue weighted by molar-refractivity contribution is 5.80. The van der Waals surface area contributed by atoms with Crippen LogP contribution in [0.15, 0.2) is 0 Å². The second-order valence-electron chi connectivity index (χ2n) is 6.93. The number of aliphatic carboxylic acids is 1. The van der Waals surface area contributed by atoms with Gasteiger partial charge in [-0.15, -0.1) is 0 Å². The van der Waals surface area contributed by atoms with Crippen molar-refractivity contribution < 1.29 is 14.6 Å². The summed E-state index contributed by atoms with van der Waals surface area (Å²) in [6.45, 7) is 2.69. The predicted octanol–water partition coefficient (Wildman–Crippen LogP) is 5.71. The van der Waals surface area contributed by atoms with Crippen molar-refractivity contribution >= 4 is 5.97 Å². The summed E-state index contributed by atoms with van der Waals surface area (Å²) < 4.78 is 5.07. The van der Waals surface area contributed by atoms with E-state index in [9.17, 15) is 4.79 Å². The summed E-state index contributed by atoms with van der Waals surface area (Å²) in [7, 11) is 0. The maximum Gasteiger partial charge on any atom is 0.338 e. The van der Waals surface area contributed by atoms with Gasteiger partial charge in [-0.05, 0) is 12.8 Å². The van der Waals surface area contributed by atoms with E-state index >= 15 is 0 Å². The van der Waals surface area contributed by atoms with E-state index < -0.39 is 11.6 Å². The van der Waals surface area contributed by atoms with Crippen LogP contribution in [0.5, 0.6) is 0 Å². The smallest absolute Gasteiger partial charge is 0.338 e. The highest BCUT2D eigenvalue weighted by atomic mass is 16.6. The summed E-state index contributed by atoms with van der Waals surface area (Å²) in [5, 5.41) is 8.98. The van der Waals surface area contributed by atoms with Crippen molar-refractivity contribution in [3.63, 3.8) is 0 Å². The highest BCUT2D eigenvalue weighted by Crippen LogP contribution is 2.33. The standard InChI is InChI=1S/C19H36O3/c1-2-3-4-5-6-7-8-9-10-11-12-13-14-15-16-19(17-22-19)18(20)21/h2-17H2,1H3,(H,20,21). The Morgan fingerprint density at radius 3 is 1.50 bits per heavy atom. The van der Waals surface area contributed by atoms with E-state index in [1.165, 1.54) is 77.0 Å². The Labute approximate surface area is 136 Å². The molecule has 22 heavy (non-hydrogen) atoms. The second kappa shape index (κ2) is 11.9. The van der Waals surface area contributed by atoms with E-state index in [1.807, 2.05) is 0 Å². The SMILES string of the molecule is CCCCCCCCCCCCCCCCC1(C(=O)O)CO1. The summed E-state index contributed by atoms with van der Waals surface area (Å²) in [4.78, 5) is 10.9. The van der Waals surface area contributed by atoms with Gasteiger partial charge in [-0.25, -0.2) is 4.79 Å². The molecule has 0 bridgehead atoms. The van der Waals surface area contributed by atoms with Crippen LogP contribution in [0, 0.1) is 0 Å². The van der Waals surface area contributed by atoms with Crippen LogP contribution in [0.3, 0.4) is 0 Å². The molecule has 0 aromatic carbocycles. The lowest BCUT2D eigenvalue weighted by atomic mass is 10.0. The summed E-state index contributed by atoms with van der Waals surface area (Å²) in [5.41, 5.74) is -0.795. The Kier molecular flexibility index (Phi) is 10.6. The predicted molar refractivity (Wildman–Crippen MR) is 91.2 cm³/mol. The number of epoxide rings is 1. The summed E-state index contributed by atoms with van der Waals surface area (Å²) in [5.74, 6) is -0.776.